The molecule has 0 bridgehead atoms. The normalized spacial score (nSPS) is 11.4. The first-order valence-electron chi connectivity index (χ1n) is 7.31. The standard InChI is InChI=1S/C17H13F3N4O/c1-11-4-2-5-13(22-11)16(25)23-14-10-12(17(18,19)20)6-7-15(14)24-9-3-8-21-24/h2-10H,1H3,(H,23,25). The molecule has 3 aromatic rings. The third-order valence-corrected chi connectivity index (χ3v) is 3.44. The molecule has 1 N–H and O–H groups in total. The third kappa shape index (κ3) is 3.68. The van der Waals surface area contributed by atoms with Gasteiger partial charge < -0.3 is 5.32 Å². The molecule has 0 saturated carbocycles. The predicted octanol–water partition coefficient (Wildman–Crippen LogP) is 3.85. The van der Waals surface area contributed by atoms with Crippen LogP contribution in [-0.2, 0) is 6.18 Å². The maximum atomic E-state index is 13.0. The molecule has 1 aromatic carbocycles. The van der Waals surface area contributed by atoms with Crippen molar-refractivity contribution >= 4 is 11.6 Å². The first-order chi connectivity index (χ1) is 11.8. The molecule has 2 heterocycles. The van der Waals surface area contributed by atoms with Crippen LogP contribution in [0, 0.1) is 6.92 Å². The van der Waals surface area contributed by atoms with Crippen molar-refractivity contribution < 1.29 is 18.0 Å². The topological polar surface area (TPSA) is 59.8 Å². The van der Waals surface area contributed by atoms with Crippen LogP contribution >= 0.6 is 0 Å². The van der Waals surface area contributed by atoms with Crippen LogP contribution in [0.3, 0.4) is 0 Å². The van der Waals surface area contributed by atoms with Crippen molar-refractivity contribution in [2.24, 2.45) is 0 Å². The lowest BCUT2D eigenvalue weighted by Crippen LogP contribution is -2.17. The van der Waals surface area contributed by atoms with Gasteiger partial charge >= 0.3 is 6.18 Å². The zero-order valence-corrected chi connectivity index (χ0v) is 13.1. The Kier molecular flexibility index (Phi) is 4.26. The molecule has 1 amide bonds. The Morgan fingerprint density at radius 1 is 1.16 bits per heavy atom. The molecule has 0 saturated heterocycles. The minimum atomic E-state index is -4.52. The second-order valence-electron chi connectivity index (χ2n) is 5.30. The number of hydrogen-bond donors (Lipinski definition) is 1. The number of hydrogen-bond acceptors (Lipinski definition) is 3. The average molecular weight is 346 g/mol. The van der Waals surface area contributed by atoms with Gasteiger partial charge in [-0.2, -0.15) is 18.3 Å². The molecular weight excluding hydrogens is 333 g/mol. The fourth-order valence-electron chi connectivity index (χ4n) is 2.28. The number of aromatic nitrogens is 3. The number of nitrogens with one attached hydrogen (secondary N) is 1. The number of anilines is 1. The van der Waals surface area contributed by atoms with E-state index < -0.39 is 17.6 Å². The van der Waals surface area contributed by atoms with Gasteiger partial charge in [0.2, 0.25) is 0 Å². The Bertz CT molecular complexity index is 905. The van der Waals surface area contributed by atoms with E-state index in [2.05, 4.69) is 15.4 Å². The SMILES string of the molecule is Cc1cccc(C(=O)Nc2cc(C(F)(F)F)ccc2-n2cccn2)n1. The van der Waals surface area contributed by atoms with Crippen molar-refractivity contribution in [3.63, 3.8) is 0 Å². The van der Waals surface area contributed by atoms with Crippen molar-refractivity contribution in [1.82, 2.24) is 14.8 Å². The summed E-state index contributed by atoms with van der Waals surface area (Å²) < 4.78 is 40.4. The molecule has 3 rings (SSSR count). The number of alkyl halides is 3. The molecule has 128 valence electrons. The molecule has 0 aliphatic heterocycles. The first kappa shape index (κ1) is 16.7. The first-order valence-corrected chi connectivity index (χ1v) is 7.31. The van der Waals surface area contributed by atoms with Crippen LogP contribution in [0.5, 0.6) is 0 Å². The second-order valence-corrected chi connectivity index (χ2v) is 5.30. The summed E-state index contributed by atoms with van der Waals surface area (Å²) in [6.07, 6.45) is -1.46. The summed E-state index contributed by atoms with van der Waals surface area (Å²) in [7, 11) is 0. The average Bonchev–Trinajstić information content (AvgIpc) is 3.08. The Balaban J connectivity index is 2.01. The van der Waals surface area contributed by atoms with Gasteiger partial charge in [-0.15, -0.1) is 0 Å². The Hall–Kier alpha value is -3.16. The number of aryl methyl sites for hydroxylation is 1. The maximum Gasteiger partial charge on any atom is 0.416 e. The van der Waals surface area contributed by atoms with Gasteiger partial charge in [-0.05, 0) is 43.3 Å². The minimum Gasteiger partial charge on any atom is -0.319 e. The number of pyridine rings is 1. The smallest absolute Gasteiger partial charge is 0.319 e. The van der Waals surface area contributed by atoms with Crippen molar-refractivity contribution in [2.45, 2.75) is 13.1 Å². The lowest BCUT2D eigenvalue weighted by atomic mass is 10.1. The van der Waals surface area contributed by atoms with Crippen LogP contribution < -0.4 is 5.32 Å². The summed E-state index contributed by atoms with van der Waals surface area (Å²) in [5.74, 6) is -0.601. The van der Waals surface area contributed by atoms with E-state index in [9.17, 15) is 18.0 Å². The molecule has 5 nitrogen and oxygen atoms in total. The lowest BCUT2D eigenvalue weighted by Gasteiger charge is -2.14. The van der Waals surface area contributed by atoms with Crippen LogP contribution in [-0.4, -0.2) is 20.7 Å². The van der Waals surface area contributed by atoms with Crippen molar-refractivity contribution in [3.05, 3.63) is 71.8 Å². The Morgan fingerprint density at radius 2 is 1.96 bits per heavy atom. The molecule has 25 heavy (non-hydrogen) atoms. The highest BCUT2D eigenvalue weighted by Gasteiger charge is 2.31. The lowest BCUT2D eigenvalue weighted by molar-refractivity contribution is -0.137. The van der Waals surface area contributed by atoms with Crippen LogP contribution in [0.2, 0.25) is 0 Å². The third-order valence-electron chi connectivity index (χ3n) is 3.44. The zero-order chi connectivity index (χ0) is 18.0. The molecule has 8 heteroatoms. The summed E-state index contributed by atoms with van der Waals surface area (Å²) >= 11 is 0. The summed E-state index contributed by atoms with van der Waals surface area (Å²) in [4.78, 5) is 16.4. The maximum absolute atomic E-state index is 13.0. The number of nitrogens with zero attached hydrogens (tertiary/aromatic N) is 3. The molecule has 0 unspecified atom stereocenters. The van der Waals surface area contributed by atoms with Crippen LogP contribution in [0.1, 0.15) is 21.7 Å². The number of amides is 1. The highest BCUT2D eigenvalue weighted by atomic mass is 19.4. The van der Waals surface area contributed by atoms with Crippen molar-refractivity contribution in [2.75, 3.05) is 5.32 Å². The monoisotopic (exact) mass is 346 g/mol. The van der Waals surface area contributed by atoms with E-state index in [0.717, 1.165) is 12.1 Å². The summed E-state index contributed by atoms with van der Waals surface area (Å²) in [6, 6.07) is 9.57. The van der Waals surface area contributed by atoms with Crippen LogP contribution in [0.25, 0.3) is 5.69 Å². The van der Waals surface area contributed by atoms with Crippen molar-refractivity contribution in [1.29, 1.82) is 0 Å². The van der Waals surface area contributed by atoms with Gasteiger partial charge in [0.05, 0.1) is 16.9 Å². The van der Waals surface area contributed by atoms with Crippen molar-refractivity contribution in [3.8, 4) is 5.69 Å². The Morgan fingerprint density at radius 3 is 2.60 bits per heavy atom. The molecule has 0 atom stereocenters. The number of halogens is 3. The fraction of sp³-hybridized carbons (Fsp3) is 0.118. The predicted molar refractivity (Wildman–Crippen MR) is 85.5 cm³/mol. The quantitative estimate of drug-likeness (QED) is 0.784. The van der Waals surface area contributed by atoms with E-state index in [1.54, 1.807) is 31.3 Å². The molecule has 0 fully saturated rings. The molecule has 0 spiro atoms. The molecular formula is C17H13F3N4O. The van der Waals surface area contributed by atoms with Gasteiger partial charge in [0, 0.05) is 18.1 Å². The molecule has 0 aliphatic rings. The largest absolute Gasteiger partial charge is 0.416 e. The van der Waals surface area contributed by atoms with Gasteiger partial charge in [-0.3, -0.25) is 4.79 Å². The summed E-state index contributed by atoms with van der Waals surface area (Å²) in [6.45, 7) is 1.72. The summed E-state index contributed by atoms with van der Waals surface area (Å²) in [5, 5.41) is 6.49. The van der Waals surface area contributed by atoms with E-state index in [1.165, 1.54) is 23.0 Å². The zero-order valence-electron chi connectivity index (χ0n) is 13.1. The Labute approximate surface area is 141 Å². The van der Waals surface area contributed by atoms with Crippen LogP contribution in [0.4, 0.5) is 18.9 Å². The van der Waals surface area contributed by atoms with Gasteiger partial charge in [0.25, 0.3) is 5.91 Å². The highest BCUT2D eigenvalue weighted by molar-refractivity contribution is 6.04. The number of carbonyl (C=O) groups excluding carboxylic acids is 1. The van der Waals surface area contributed by atoms with Gasteiger partial charge in [0.1, 0.15) is 5.69 Å². The van der Waals surface area contributed by atoms with E-state index >= 15 is 0 Å². The van der Waals surface area contributed by atoms with Gasteiger partial charge in [-0.1, -0.05) is 6.07 Å². The highest BCUT2D eigenvalue weighted by Crippen LogP contribution is 2.33. The van der Waals surface area contributed by atoms with E-state index in [1.807, 2.05) is 0 Å². The fourth-order valence-corrected chi connectivity index (χ4v) is 2.28. The molecule has 2 aromatic heterocycles. The van der Waals surface area contributed by atoms with Gasteiger partial charge in [0.15, 0.2) is 0 Å². The second kappa shape index (κ2) is 6.39. The van der Waals surface area contributed by atoms with Crippen LogP contribution in [0.15, 0.2) is 54.9 Å². The van der Waals surface area contributed by atoms with E-state index in [0.29, 0.717) is 11.4 Å². The number of rotatable bonds is 3. The van der Waals surface area contributed by atoms with E-state index in [-0.39, 0.29) is 11.4 Å². The van der Waals surface area contributed by atoms with Gasteiger partial charge in [-0.25, -0.2) is 9.67 Å². The number of carbonyl (C=O) groups is 1. The molecule has 0 radical (unpaired) electrons. The molecule has 0 aliphatic carbocycles. The minimum absolute atomic E-state index is 0.00756. The number of benzene rings is 1. The summed E-state index contributed by atoms with van der Waals surface area (Å²) in [5.41, 5.74) is 0.189. The van der Waals surface area contributed by atoms with E-state index in [4.69, 9.17) is 0 Å².